The lowest BCUT2D eigenvalue weighted by Gasteiger charge is -2.51. The number of ether oxygens (including phenoxy) is 2. The van der Waals surface area contributed by atoms with Gasteiger partial charge in [0.15, 0.2) is 11.5 Å². The van der Waals surface area contributed by atoms with Crippen molar-refractivity contribution in [3.05, 3.63) is 58.7 Å². The molecule has 1 spiro atoms. The highest BCUT2D eigenvalue weighted by molar-refractivity contribution is 6.03. The van der Waals surface area contributed by atoms with Gasteiger partial charge in [-0.15, -0.1) is 0 Å². The van der Waals surface area contributed by atoms with Gasteiger partial charge in [0.25, 0.3) is 0 Å². The Balaban J connectivity index is 1.60. The Hall–Kier alpha value is -3.02. The quantitative estimate of drug-likeness (QED) is 0.732. The molecule has 0 unspecified atom stereocenters. The minimum atomic E-state index is -0.572. The number of aryl methyl sites for hydroxylation is 2. The Morgan fingerprint density at radius 3 is 2.68 bits per heavy atom. The summed E-state index contributed by atoms with van der Waals surface area (Å²) < 4.78 is 12.4. The van der Waals surface area contributed by atoms with E-state index in [1.165, 1.54) is 16.7 Å². The largest absolute Gasteiger partial charge is 0.493 e. The molecule has 0 saturated carbocycles. The smallest absolute Gasteiger partial charge is 0.219 e. The second kappa shape index (κ2) is 7.29. The first kappa shape index (κ1) is 19.9. The van der Waals surface area contributed by atoms with Crippen LogP contribution >= 0.6 is 0 Å². The van der Waals surface area contributed by atoms with E-state index in [0.717, 1.165) is 29.2 Å². The fraction of sp³-hybridized carbons (Fsp3) is 0.440. The molecular formula is C25H29N3O3. The first-order valence-corrected chi connectivity index (χ1v) is 11.0. The molecule has 3 aliphatic rings. The summed E-state index contributed by atoms with van der Waals surface area (Å²) in [6.07, 6.45) is 2.25. The summed E-state index contributed by atoms with van der Waals surface area (Å²) in [5.74, 6) is 1.69. The van der Waals surface area contributed by atoms with Crippen LogP contribution in [0, 0.1) is 13.8 Å². The zero-order chi connectivity index (χ0) is 21.8. The summed E-state index contributed by atoms with van der Waals surface area (Å²) in [5.41, 5.74) is 5.31. The zero-order valence-corrected chi connectivity index (χ0v) is 18.6. The molecule has 6 nitrogen and oxygen atoms in total. The number of piperidine rings is 1. The molecule has 162 valence electrons. The van der Waals surface area contributed by atoms with Gasteiger partial charge in [-0.2, -0.15) is 5.10 Å². The zero-order valence-electron chi connectivity index (χ0n) is 18.6. The van der Waals surface area contributed by atoms with Crippen LogP contribution in [0.3, 0.4) is 0 Å². The molecule has 1 atom stereocenters. The van der Waals surface area contributed by atoms with E-state index in [2.05, 4.69) is 43.1 Å². The van der Waals surface area contributed by atoms with Crippen molar-refractivity contribution in [2.75, 3.05) is 20.2 Å². The number of fused-ring (bicyclic) bond motifs is 4. The second-order valence-electron chi connectivity index (χ2n) is 8.86. The predicted octanol–water partition coefficient (Wildman–Crippen LogP) is 4.19. The highest BCUT2D eigenvalue weighted by Crippen LogP contribution is 2.52. The van der Waals surface area contributed by atoms with Crippen molar-refractivity contribution >= 4 is 11.6 Å². The molecule has 2 aromatic carbocycles. The van der Waals surface area contributed by atoms with Gasteiger partial charge < -0.3 is 14.4 Å². The summed E-state index contributed by atoms with van der Waals surface area (Å²) in [7, 11) is 1.68. The molecule has 31 heavy (non-hydrogen) atoms. The van der Waals surface area contributed by atoms with Gasteiger partial charge in [0.2, 0.25) is 11.6 Å². The van der Waals surface area contributed by atoms with Crippen molar-refractivity contribution in [2.45, 2.75) is 51.8 Å². The highest BCUT2D eigenvalue weighted by atomic mass is 16.5. The molecule has 1 saturated heterocycles. The Morgan fingerprint density at radius 2 is 1.97 bits per heavy atom. The second-order valence-corrected chi connectivity index (χ2v) is 8.86. The normalized spacial score (nSPS) is 21.3. The number of benzene rings is 2. The number of amides is 1. The summed E-state index contributed by atoms with van der Waals surface area (Å²) in [5, 5.41) is 7.35. The average molecular weight is 420 g/mol. The molecule has 3 aliphatic heterocycles. The average Bonchev–Trinajstić information content (AvgIpc) is 3.22. The predicted molar refractivity (Wildman–Crippen MR) is 119 cm³/mol. The van der Waals surface area contributed by atoms with Gasteiger partial charge >= 0.3 is 0 Å². The molecule has 0 N–H and O–H groups in total. The maximum Gasteiger partial charge on any atom is 0.219 e. The first-order valence-electron chi connectivity index (χ1n) is 11.0. The Kier molecular flexibility index (Phi) is 4.68. The molecule has 6 heteroatoms. The maximum absolute atomic E-state index is 11.9. The lowest BCUT2D eigenvalue weighted by Crippen LogP contribution is -2.59. The van der Waals surface area contributed by atoms with Gasteiger partial charge in [-0.1, -0.05) is 29.8 Å². The van der Waals surface area contributed by atoms with Crippen LogP contribution in [0.4, 0.5) is 0 Å². The fourth-order valence-electron chi connectivity index (χ4n) is 5.14. The van der Waals surface area contributed by atoms with Gasteiger partial charge in [-0.3, -0.25) is 4.79 Å². The number of carbonyl (C=O) groups is 1. The summed E-state index contributed by atoms with van der Waals surface area (Å²) >= 11 is 0. The fourth-order valence-corrected chi connectivity index (χ4v) is 5.14. The summed E-state index contributed by atoms with van der Waals surface area (Å²) in [6, 6.07) is 12.7. The van der Waals surface area contributed by atoms with Crippen LogP contribution in [0.25, 0.3) is 0 Å². The van der Waals surface area contributed by atoms with E-state index in [0.29, 0.717) is 25.9 Å². The number of hydrazone groups is 1. The number of likely N-dealkylation sites (tertiary alicyclic amines) is 1. The van der Waals surface area contributed by atoms with Crippen molar-refractivity contribution in [1.29, 1.82) is 0 Å². The van der Waals surface area contributed by atoms with Gasteiger partial charge in [-0.05, 0) is 31.5 Å². The number of carbonyl (C=O) groups excluding carboxylic acids is 1. The third-order valence-corrected chi connectivity index (χ3v) is 6.90. The van der Waals surface area contributed by atoms with Crippen molar-refractivity contribution in [1.82, 2.24) is 9.91 Å². The van der Waals surface area contributed by atoms with E-state index in [1.807, 2.05) is 17.0 Å². The molecule has 0 radical (unpaired) electrons. The van der Waals surface area contributed by atoms with Crippen LogP contribution in [0.15, 0.2) is 41.5 Å². The number of hydrogen-bond donors (Lipinski definition) is 0. The SMILES string of the molecule is COc1cccc2c1OC1(CCN(C(C)=O)CC1)N1N=C(c3cc(C)ccc3C)C[C@@H]21. The number of para-hydroxylation sites is 1. The van der Waals surface area contributed by atoms with E-state index in [1.54, 1.807) is 14.0 Å². The van der Waals surface area contributed by atoms with Crippen molar-refractivity contribution in [3.8, 4) is 11.5 Å². The Bertz CT molecular complexity index is 1070. The van der Waals surface area contributed by atoms with Crippen LogP contribution in [0.5, 0.6) is 11.5 Å². The van der Waals surface area contributed by atoms with E-state index < -0.39 is 5.72 Å². The Labute approximate surface area is 183 Å². The summed E-state index contributed by atoms with van der Waals surface area (Å²) in [4.78, 5) is 13.8. The van der Waals surface area contributed by atoms with Crippen molar-refractivity contribution in [3.63, 3.8) is 0 Å². The van der Waals surface area contributed by atoms with E-state index in [4.69, 9.17) is 14.6 Å². The molecule has 1 amide bonds. The van der Waals surface area contributed by atoms with Crippen LogP contribution in [-0.2, 0) is 4.79 Å². The van der Waals surface area contributed by atoms with E-state index >= 15 is 0 Å². The van der Waals surface area contributed by atoms with Crippen LogP contribution in [0.2, 0.25) is 0 Å². The number of hydrogen-bond acceptors (Lipinski definition) is 5. The van der Waals surface area contributed by atoms with Crippen LogP contribution in [-0.4, -0.2) is 47.5 Å². The number of nitrogens with zero attached hydrogens (tertiary/aromatic N) is 3. The topological polar surface area (TPSA) is 54.4 Å². The lowest BCUT2D eigenvalue weighted by atomic mass is 9.89. The molecule has 1 fully saturated rings. The summed E-state index contributed by atoms with van der Waals surface area (Å²) in [6.45, 7) is 7.22. The third-order valence-electron chi connectivity index (χ3n) is 6.90. The third kappa shape index (κ3) is 3.16. The Morgan fingerprint density at radius 1 is 1.19 bits per heavy atom. The van der Waals surface area contributed by atoms with Gasteiger partial charge in [0.05, 0.1) is 18.9 Å². The van der Waals surface area contributed by atoms with Crippen molar-refractivity contribution < 1.29 is 14.3 Å². The molecule has 3 heterocycles. The molecule has 2 aromatic rings. The van der Waals surface area contributed by atoms with Gasteiger partial charge in [0, 0.05) is 50.4 Å². The minimum absolute atomic E-state index is 0.0950. The number of methoxy groups -OCH3 is 1. The minimum Gasteiger partial charge on any atom is -0.493 e. The van der Waals surface area contributed by atoms with Gasteiger partial charge in [0.1, 0.15) is 0 Å². The maximum atomic E-state index is 11.9. The van der Waals surface area contributed by atoms with Gasteiger partial charge in [-0.25, -0.2) is 5.01 Å². The van der Waals surface area contributed by atoms with Crippen LogP contribution < -0.4 is 9.47 Å². The monoisotopic (exact) mass is 419 g/mol. The molecule has 0 aromatic heterocycles. The van der Waals surface area contributed by atoms with E-state index in [-0.39, 0.29) is 11.9 Å². The number of rotatable bonds is 2. The highest BCUT2D eigenvalue weighted by Gasteiger charge is 2.52. The van der Waals surface area contributed by atoms with Crippen LogP contribution in [0.1, 0.15) is 54.5 Å². The molecular weight excluding hydrogens is 390 g/mol. The molecule has 5 rings (SSSR count). The van der Waals surface area contributed by atoms with E-state index in [9.17, 15) is 4.79 Å². The lowest BCUT2D eigenvalue weighted by molar-refractivity contribution is -0.159. The van der Waals surface area contributed by atoms with Crippen molar-refractivity contribution in [2.24, 2.45) is 5.10 Å². The standard InChI is InChI=1S/C25H29N3O3/c1-16-8-9-17(2)20(14-16)21-15-22-19-6-5-7-23(30-4)24(19)31-25(28(22)26-21)10-12-27(13-11-25)18(3)29/h5-9,14,22H,10-13,15H2,1-4H3/t22-/m0/s1. The molecule has 0 bridgehead atoms. The molecule has 0 aliphatic carbocycles. The first-order chi connectivity index (χ1) is 14.9.